The maximum atomic E-state index is 12.4. The number of carbonyl (C=O) groups excluding carboxylic acids is 1. The minimum absolute atomic E-state index is 0.193. The van der Waals surface area contributed by atoms with Crippen LogP contribution in [0.4, 0.5) is 18.9 Å². The van der Waals surface area contributed by atoms with E-state index in [4.69, 9.17) is 14.6 Å². The van der Waals surface area contributed by atoms with Gasteiger partial charge in [0, 0.05) is 19.3 Å². The summed E-state index contributed by atoms with van der Waals surface area (Å²) < 4.78 is 62.3. The molecular weight excluding hydrogens is 431 g/mol. The molecule has 0 unspecified atom stereocenters. The lowest BCUT2D eigenvalue weighted by molar-refractivity contribution is -0.192. The molecule has 2 saturated heterocycles. The Morgan fingerprint density at radius 3 is 2.53 bits per heavy atom. The molecule has 3 heterocycles. The molecule has 30 heavy (non-hydrogen) atoms. The lowest BCUT2D eigenvalue weighted by Crippen LogP contribution is -2.44. The minimum atomic E-state index is -5.08. The third-order valence-corrected chi connectivity index (χ3v) is 6.05. The van der Waals surface area contributed by atoms with Crippen molar-refractivity contribution in [2.45, 2.75) is 38.1 Å². The molecule has 2 fully saturated rings. The second-order valence-corrected chi connectivity index (χ2v) is 8.98. The number of aromatic nitrogens is 1. The molecule has 0 saturated carbocycles. The number of ether oxygens (including phenoxy) is 1. The van der Waals surface area contributed by atoms with Crippen molar-refractivity contribution in [3.8, 4) is 0 Å². The number of pyridine rings is 1. The minimum Gasteiger partial charge on any atom is -0.475 e. The quantitative estimate of drug-likeness (QED) is 0.709. The number of hydrogen-bond acceptors (Lipinski definition) is 6. The molecule has 0 aliphatic carbocycles. The summed E-state index contributed by atoms with van der Waals surface area (Å²) >= 11 is 0. The van der Waals surface area contributed by atoms with Crippen molar-refractivity contribution in [3.63, 3.8) is 0 Å². The molecule has 1 amide bonds. The second-order valence-electron chi connectivity index (χ2n) is 7.00. The Morgan fingerprint density at radius 2 is 2.00 bits per heavy atom. The van der Waals surface area contributed by atoms with E-state index in [1.807, 2.05) is 6.92 Å². The van der Waals surface area contributed by atoms with Crippen LogP contribution in [0, 0.1) is 12.8 Å². The number of sulfonamides is 1. The topological polar surface area (TPSA) is 126 Å². The van der Waals surface area contributed by atoms with E-state index < -0.39 is 28.3 Å². The largest absolute Gasteiger partial charge is 0.490 e. The zero-order valence-electron chi connectivity index (χ0n) is 16.2. The fourth-order valence-corrected chi connectivity index (χ4v) is 4.06. The molecule has 2 aliphatic heterocycles. The van der Waals surface area contributed by atoms with Crippen LogP contribution in [0.2, 0.25) is 0 Å². The Morgan fingerprint density at radius 1 is 1.37 bits per heavy atom. The van der Waals surface area contributed by atoms with E-state index in [9.17, 15) is 26.4 Å². The first-order valence-corrected chi connectivity index (χ1v) is 10.8. The van der Waals surface area contributed by atoms with Crippen LogP contribution in [0.5, 0.6) is 0 Å². The number of anilines is 1. The van der Waals surface area contributed by atoms with Crippen molar-refractivity contribution >= 4 is 27.6 Å². The van der Waals surface area contributed by atoms with Gasteiger partial charge in [-0.15, -0.1) is 0 Å². The molecule has 2 N–H and O–H groups in total. The van der Waals surface area contributed by atoms with Crippen molar-refractivity contribution in [2.24, 2.45) is 5.92 Å². The SMILES string of the molecule is Cc1ncccc1NC(=O)[C@H]1C[C@@H]2CCN(S(C)(=O)=O)C[C@@H]2O1.O=C(O)C(F)(F)F. The van der Waals surface area contributed by atoms with Gasteiger partial charge in [-0.05, 0) is 37.8 Å². The highest BCUT2D eigenvalue weighted by atomic mass is 32.2. The molecule has 168 valence electrons. The van der Waals surface area contributed by atoms with Gasteiger partial charge in [-0.3, -0.25) is 9.78 Å². The third kappa shape index (κ3) is 6.37. The van der Waals surface area contributed by atoms with Crippen LogP contribution >= 0.6 is 0 Å². The van der Waals surface area contributed by atoms with E-state index in [-0.39, 0.29) is 17.9 Å². The first-order chi connectivity index (χ1) is 13.8. The molecule has 1 aromatic heterocycles. The number of amides is 1. The Labute approximate surface area is 171 Å². The average Bonchev–Trinajstić information content (AvgIpc) is 3.06. The van der Waals surface area contributed by atoms with Crippen molar-refractivity contribution < 1.29 is 41.0 Å². The molecule has 9 nitrogen and oxygen atoms in total. The summed E-state index contributed by atoms with van der Waals surface area (Å²) in [6.07, 6.45) is -1.59. The number of hydrogen-bond donors (Lipinski definition) is 2. The number of carbonyl (C=O) groups is 2. The van der Waals surface area contributed by atoms with E-state index >= 15 is 0 Å². The fourth-order valence-electron chi connectivity index (χ4n) is 3.20. The summed E-state index contributed by atoms with van der Waals surface area (Å²) in [6, 6.07) is 3.56. The van der Waals surface area contributed by atoms with Gasteiger partial charge in [-0.1, -0.05) is 0 Å². The van der Waals surface area contributed by atoms with Gasteiger partial charge in [0.2, 0.25) is 10.0 Å². The van der Waals surface area contributed by atoms with Crippen LogP contribution in [0.1, 0.15) is 18.5 Å². The number of alkyl halides is 3. The molecule has 2 aliphatic rings. The van der Waals surface area contributed by atoms with Crippen LogP contribution in [0.25, 0.3) is 0 Å². The van der Waals surface area contributed by atoms with E-state index in [2.05, 4.69) is 10.3 Å². The molecule has 1 aromatic rings. The van der Waals surface area contributed by atoms with E-state index in [0.717, 1.165) is 12.1 Å². The van der Waals surface area contributed by atoms with Crippen LogP contribution in [0.15, 0.2) is 18.3 Å². The highest BCUT2D eigenvalue weighted by molar-refractivity contribution is 7.88. The number of rotatable bonds is 3. The predicted octanol–water partition coefficient (Wildman–Crippen LogP) is 1.40. The maximum absolute atomic E-state index is 12.4. The van der Waals surface area contributed by atoms with Gasteiger partial charge in [0.25, 0.3) is 5.91 Å². The maximum Gasteiger partial charge on any atom is 0.490 e. The molecule has 3 rings (SSSR count). The van der Waals surface area contributed by atoms with E-state index in [1.165, 1.54) is 10.6 Å². The van der Waals surface area contributed by atoms with Crippen LogP contribution in [0.3, 0.4) is 0 Å². The standard InChI is InChI=1S/C15H21N3O4S.C2HF3O2/c1-10-12(4-3-6-16-10)17-15(19)13-8-11-5-7-18(23(2,20)21)9-14(11)22-13;3-2(4,5)1(6)7/h3-4,6,11,13-14H,5,7-9H2,1-2H3,(H,17,19);(H,6,7)/t11-,13+,14-;/m0./s1. The van der Waals surface area contributed by atoms with Gasteiger partial charge in [0.15, 0.2) is 0 Å². The van der Waals surface area contributed by atoms with Gasteiger partial charge in [-0.2, -0.15) is 17.5 Å². The summed E-state index contributed by atoms with van der Waals surface area (Å²) in [7, 11) is -3.21. The van der Waals surface area contributed by atoms with Crippen molar-refractivity contribution in [2.75, 3.05) is 24.7 Å². The zero-order chi connectivity index (χ0) is 22.7. The second kappa shape index (κ2) is 9.27. The molecule has 0 bridgehead atoms. The molecule has 0 aromatic carbocycles. The summed E-state index contributed by atoms with van der Waals surface area (Å²) in [5.74, 6) is -2.72. The number of halogens is 3. The smallest absolute Gasteiger partial charge is 0.475 e. The third-order valence-electron chi connectivity index (χ3n) is 4.78. The van der Waals surface area contributed by atoms with Crippen LogP contribution in [-0.2, 0) is 24.3 Å². The lowest BCUT2D eigenvalue weighted by Gasteiger charge is -2.32. The Hall–Kier alpha value is -2.25. The number of nitrogens with zero attached hydrogens (tertiary/aromatic N) is 2. The van der Waals surface area contributed by atoms with Crippen LogP contribution in [-0.4, -0.2) is 72.4 Å². The summed E-state index contributed by atoms with van der Waals surface area (Å²) in [6.45, 7) is 2.66. The predicted molar refractivity (Wildman–Crippen MR) is 99.1 cm³/mol. The highest BCUT2D eigenvalue weighted by Gasteiger charge is 2.43. The molecule has 13 heteroatoms. The first kappa shape index (κ1) is 24.0. The Kier molecular flexibility index (Phi) is 7.42. The van der Waals surface area contributed by atoms with Gasteiger partial charge in [0.05, 0.1) is 23.7 Å². The highest BCUT2D eigenvalue weighted by Crippen LogP contribution is 2.34. The number of carboxylic acids is 1. The normalized spacial score (nSPS) is 24.4. The van der Waals surface area contributed by atoms with E-state index in [0.29, 0.717) is 25.2 Å². The Bertz CT molecular complexity index is 893. The van der Waals surface area contributed by atoms with Gasteiger partial charge in [-0.25, -0.2) is 13.2 Å². The van der Waals surface area contributed by atoms with Gasteiger partial charge in [0.1, 0.15) is 6.10 Å². The number of carboxylic acid groups (broad SMARTS) is 1. The van der Waals surface area contributed by atoms with Crippen LogP contribution < -0.4 is 5.32 Å². The number of aryl methyl sites for hydroxylation is 1. The molecule has 0 spiro atoms. The number of nitrogens with one attached hydrogen (secondary N) is 1. The molecular formula is C17H22F3N3O6S. The van der Waals surface area contributed by atoms with Gasteiger partial charge < -0.3 is 15.2 Å². The van der Waals surface area contributed by atoms with Crippen molar-refractivity contribution in [1.29, 1.82) is 0 Å². The summed E-state index contributed by atoms with van der Waals surface area (Å²) in [4.78, 5) is 25.4. The lowest BCUT2D eigenvalue weighted by atomic mass is 9.93. The number of fused-ring (bicyclic) bond motifs is 1. The van der Waals surface area contributed by atoms with Gasteiger partial charge >= 0.3 is 12.1 Å². The average molecular weight is 453 g/mol. The zero-order valence-corrected chi connectivity index (χ0v) is 17.0. The monoisotopic (exact) mass is 453 g/mol. The summed E-state index contributed by atoms with van der Waals surface area (Å²) in [5.41, 5.74) is 1.42. The first-order valence-electron chi connectivity index (χ1n) is 8.92. The molecule has 3 atom stereocenters. The molecule has 0 radical (unpaired) electrons. The number of aliphatic carboxylic acids is 1. The number of piperidine rings is 1. The van der Waals surface area contributed by atoms with E-state index in [1.54, 1.807) is 18.3 Å². The Balaban J connectivity index is 0.000000396. The van der Waals surface area contributed by atoms with Crippen molar-refractivity contribution in [3.05, 3.63) is 24.0 Å². The van der Waals surface area contributed by atoms with Crippen molar-refractivity contribution in [1.82, 2.24) is 9.29 Å². The fraction of sp³-hybridized carbons (Fsp3) is 0.588. The summed E-state index contributed by atoms with van der Waals surface area (Å²) in [5, 5.41) is 9.97.